The van der Waals surface area contributed by atoms with E-state index in [-0.39, 0.29) is 6.04 Å². The minimum atomic E-state index is 0.170. The summed E-state index contributed by atoms with van der Waals surface area (Å²) in [7, 11) is 0. The van der Waals surface area contributed by atoms with Gasteiger partial charge in [0.05, 0.1) is 0 Å². The Morgan fingerprint density at radius 3 is 2.05 bits per heavy atom. The maximum Gasteiger partial charge on any atom is 0.0496 e. The number of nitrogens with zero attached hydrogens (tertiary/aromatic N) is 1. The Morgan fingerprint density at radius 1 is 1.10 bits per heavy atom. The van der Waals surface area contributed by atoms with Crippen LogP contribution >= 0.6 is 0 Å². The Hall–Kier alpha value is -0.860. The molecule has 1 aromatic rings. The fourth-order valence-electron chi connectivity index (χ4n) is 3.84. The maximum atomic E-state index is 6.33. The van der Waals surface area contributed by atoms with Crippen LogP contribution in [0.2, 0.25) is 0 Å². The van der Waals surface area contributed by atoms with Gasteiger partial charge in [0.1, 0.15) is 0 Å². The van der Waals surface area contributed by atoms with Crippen LogP contribution in [-0.4, -0.2) is 24.0 Å². The van der Waals surface area contributed by atoms with Crippen molar-refractivity contribution in [3.63, 3.8) is 0 Å². The van der Waals surface area contributed by atoms with Gasteiger partial charge < -0.3 is 5.73 Å². The number of likely N-dealkylation sites (tertiary alicyclic amines) is 1. The van der Waals surface area contributed by atoms with E-state index in [1.807, 2.05) is 0 Å². The highest BCUT2D eigenvalue weighted by Crippen LogP contribution is 2.40. The molecule has 2 unspecified atom stereocenters. The Labute approximate surface area is 130 Å². The Bertz CT molecular complexity index is 421. The number of benzene rings is 1. The predicted octanol–water partition coefficient (Wildman–Crippen LogP) is 4.29. The van der Waals surface area contributed by atoms with Crippen LogP contribution in [0, 0.1) is 12.3 Å². The topological polar surface area (TPSA) is 29.3 Å². The van der Waals surface area contributed by atoms with E-state index in [0.717, 1.165) is 0 Å². The molecule has 118 valence electrons. The van der Waals surface area contributed by atoms with Crippen molar-refractivity contribution in [3.8, 4) is 0 Å². The summed E-state index contributed by atoms with van der Waals surface area (Å²) >= 11 is 0. The van der Waals surface area contributed by atoms with Crippen molar-refractivity contribution in [2.24, 2.45) is 11.1 Å². The van der Waals surface area contributed by atoms with Gasteiger partial charge in [-0.1, -0.05) is 56.5 Å². The molecule has 0 aliphatic carbocycles. The van der Waals surface area contributed by atoms with Crippen LogP contribution in [0.1, 0.15) is 63.6 Å². The molecule has 0 spiro atoms. The van der Waals surface area contributed by atoms with Crippen LogP contribution in [0.5, 0.6) is 0 Å². The lowest BCUT2D eigenvalue weighted by molar-refractivity contribution is 0.0587. The molecule has 0 saturated carbocycles. The normalized spacial score (nSPS) is 22.0. The van der Waals surface area contributed by atoms with E-state index in [2.05, 4.69) is 56.9 Å². The Balaban J connectivity index is 2.12. The first kappa shape index (κ1) is 16.5. The third-order valence-electron chi connectivity index (χ3n) is 5.67. The number of hydrogen-bond acceptors (Lipinski definition) is 2. The van der Waals surface area contributed by atoms with Gasteiger partial charge in [0.2, 0.25) is 0 Å². The van der Waals surface area contributed by atoms with Gasteiger partial charge in [-0.25, -0.2) is 0 Å². The highest BCUT2D eigenvalue weighted by atomic mass is 15.2. The molecule has 0 aromatic heterocycles. The molecule has 1 aromatic carbocycles. The van der Waals surface area contributed by atoms with Gasteiger partial charge in [-0.15, -0.1) is 0 Å². The van der Waals surface area contributed by atoms with Crippen molar-refractivity contribution in [1.82, 2.24) is 4.90 Å². The molecule has 1 aliphatic rings. The molecule has 2 atom stereocenters. The summed E-state index contributed by atoms with van der Waals surface area (Å²) in [4.78, 5) is 2.61. The monoisotopic (exact) mass is 288 g/mol. The first-order chi connectivity index (χ1) is 10.0. The number of hydrogen-bond donors (Lipinski definition) is 1. The molecule has 0 amide bonds. The van der Waals surface area contributed by atoms with Gasteiger partial charge in [0, 0.05) is 12.1 Å². The van der Waals surface area contributed by atoms with Gasteiger partial charge in [0.15, 0.2) is 0 Å². The number of nitrogens with two attached hydrogens (primary N) is 1. The average Bonchev–Trinajstić information content (AvgIpc) is 2.50. The first-order valence-corrected chi connectivity index (χ1v) is 8.57. The summed E-state index contributed by atoms with van der Waals surface area (Å²) in [6, 6.07) is 9.45. The van der Waals surface area contributed by atoms with Crippen LogP contribution in [-0.2, 0) is 0 Å². The summed E-state index contributed by atoms with van der Waals surface area (Å²) in [6.45, 7) is 11.3. The van der Waals surface area contributed by atoms with Gasteiger partial charge in [-0.3, -0.25) is 4.90 Å². The van der Waals surface area contributed by atoms with Crippen LogP contribution in [0.25, 0.3) is 0 Å². The molecule has 1 saturated heterocycles. The van der Waals surface area contributed by atoms with E-state index < -0.39 is 0 Å². The molecule has 0 radical (unpaired) electrons. The molecule has 1 aliphatic heterocycles. The zero-order chi connectivity index (χ0) is 15.5. The molecule has 2 nitrogen and oxygen atoms in total. The van der Waals surface area contributed by atoms with E-state index in [4.69, 9.17) is 5.73 Å². The molecular weight excluding hydrogens is 256 g/mol. The van der Waals surface area contributed by atoms with Crippen molar-refractivity contribution in [2.45, 2.75) is 65.5 Å². The maximum absolute atomic E-state index is 6.33. The Kier molecular flexibility index (Phi) is 5.45. The van der Waals surface area contributed by atoms with Crippen molar-refractivity contribution in [1.29, 1.82) is 0 Å². The lowest BCUT2D eigenvalue weighted by Crippen LogP contribution is -2.46. The molecule has 1 heterocycles. The van der Waals surface area contributed by atoms with E-state index in [1.165, 1.54) is 49.9 Å². The molecule has 1 fully saturated rings. The fourth-order valence-corrected chi connectivity index (χ4v) is 3.84. The molecule has 2 N–H and O–H groups in total. The first-order valence-electron chi connectivity index (χ1n) is 8.57. The zero-order valence-electron chi connectivity index (χ0n) is 14.2. The van der Waals surface area contributed by atoms with Gasteiger partial charge in [0.25, 0.3) is 0 Å². The van der Waals surface area contributed by atoms with Gasteiger partial charge >= 0.3 is 0 Å². The largest absolute Gasteiger partial charge is 0.326 e. The molecular formula is C19H32N2. The van der Waals surface area contributed by atoms with Crippen LogP contribution in [0.15, 0.2) is 24.3 Å². The lowest BCUT2D eigenvalue weighted by atomic mass is 9.73. The minimum absolute atomic E-state index is 0.170. The Morgan fingerprint density at radius 2 is 1.62 bits per heavy atom. The van der Waals surface area contributed by atoms with E-state index in [9.17, 15) is 0 Å². The summed E-state index contributed by atoms with van der Waals surface area (Å²) < 4.78 is 0. The molecule has 21 heavy (non-hydrogen) atoms. The quantitative estimate of drug-likeness (QED) is 0.876. The second-order valence-electron chi connectivity index (χ2n) is 6.96. The van der Waals surface area contributed by atoms with E-state index >= 15 is 0 Å². The fraction of sp³-hybridized carbons (Fsp3) is 0.684. The van der Waals surface area contributed by atoms with E-state index in [1.54, 1.807) is 0 Å². The van der Waals surface area contributed by atoms with Crippen LogP contribution < -0.4 is 5.73 Å². The highest BCUT2D eigenvalue weighted by molar-refractivity contribution is 5.25. The lowest BCUT2D eigenvalue weighted by Gasteiger charge is -2.45. The van der Waals surface area contributed by atoms with Gasteiger partial charge in [-0.2, -0.15) is 0 Å². The summed E-state index contributed by atoms with van der Waals surface area (Å²) in [6.07, 6.45) is 5.25. The minimum Gasteiger partial charge on any atom is -0.326 e. The SMILES string of the molecule is CCC1(CC)CCN(C(c2ccc(C)cc2)C(C)N)CC1. The third kappa shape index (κ3) is 3.67. The standard InChI is InChI=1S/C19H32N2/c1-5-19(6-2)11-13-21(14-12-19)18(16(4)20)17-9-7-15(3)8-10-17/h7-10,16,18H,5-6,11-14,20H2,1-4H3. The van der Waals surface area contributed by atoms with Crippen molar-refractivity contribution in [3.05, 3.63) is 35.4 Å². The number of aryl methyl sites for hydroxylation is 1. The van der Waals surface area contributed by atoms with Gasteiger partial charge in [-0.05, 0) is 50.8 Å². The number of rotatable bonds is 5. The average molecular weight is 288 g/mol. The number of piperidine rings is 1. The predicted molar refractivity (Wildman–Crippen MR) is 91.4 cm³/mol. The molecule has 2 heteroatoms. The summed E-state index contributed by atoms with van der Waals surface area (Å²) in [5.41, 5.74) is 9.59. The van der Waals surface area contributed by atoms with Crippen LogP contribution in [0.4, 0.5) is 0 Å². The summed E-state index contributed by atoms with van der Waals surface area (Å²) in [5, 5.41) is 0. The van der Waals surface area contributed by atoms with Crippen LogP contribution in [0.3, 0.4) is 0 Å². The molecule has 2 rings (SSSR count). The zero-order valence-corrected chi connectivity index (χ0v) is 14.2. The highest BCUT2D eigenvalue weighted by Gasteiger charge is 2.35. The second kappa shape index (κ2) is 6.93. The second-order valence-corrected chi connectivity index (χ2v) is 6.96. The van der Waals surface area contributed by atoms with Crippen molar-refractivity contribution >= 4 is 0 Å². The molecule has 0 bridgehead atoms. The van der Waals surface area contributed by atoms with Crippen molar-refractivity contribution < 1.29 is 0 Å². The smallest absolute Gasteiger partial charge is 0.0496 e. The summed E-state index contributed by atoms with van der Waals surface area (Å²) in [5.74, 6) is 0. The van der Waals surface area contributed by atoms with E-state index in [0.29, 0.717) is 11.5 Å². The third-order valence-corrected chi connectivity index (χ3v) is 5.67. The van der Waals surface area contributed by atoms with Crippen molar-refractivity contribution in [2.75, 3.05) is 13.1 Å².